The third kappa shape index (κ3) is 5.69. The van der Waals surface area contributed by atoms with E-state index in [0.29, 0.717) is 19.1 Å². The molecule has 1 saturated heterocycles. The van der Waals surface area contributed by atoms with Gasteiger partial charge in [-0.25, -0.2) is 0 Å². The van der Waals surface area contributed by atoms with E-state index in [4.69, 9.17) is 25.8 Å². The molecule has 1 aliphatic heterocycles. The number of rotatable bonds is 6. The highest BCUT2D eigenvalue weighted by molar-refractivity contribution is 6.25. The van der Waals surface area contributed by atoms with Gasteiger partial charge in [-0.15, -0.1) is 0 Å². The summed E-state index contributed by atoms with van der Waals surface area (Å²) in [5, 5.41) is 0. The molecule has 144 valence electrons. The molecule has 25 heavy (non-hydrogen) atoms. The number of ether oxygens (including phenoxy) is 3. The molecule has 2 saturated carbocycles. The normalized spacial score (nSPS) is 40.4. The molecule has 0 N–H and O–H groups in total. The van der Waals surface area contributed by atoms with E-state index >= 15 is 0 Å². The largest absolute Gasteiger partial charge is 0.373 e. The topological polar surface area (TPSA) is 27.7 Å². The van der Waals surface area contributed by atoms with Crippen molar-refractivity contribution in [1.29, 1.82) is 0 Å². The van der Waals surface area contributed by atoms with E-state index < -0.39 is 0 Å². The van der Waals surface area contributed by atoms with E-state index in [2.05, 4.69) is 13.0 Å². The Hall–Kier alpha value is -0.0900. The summed E-state index contributed by atoms with van der Waals surface area (Å²) in [5.41, 5.74) is 1.71. The fourth-order valence-electron chi connectivity index (χ4n) is 4.95. The number of allylic oxidation sites excluding steroid dienone is 1. The van der Waals surface area contributed by atoms with Crippen LogP contribution in [0, 0.1) is 23.7 Å². The summed E-state index contributed by atoms with van der Waals surface area (Å²) in [5.74, 6) is 3.15. The first-order valence-corrected chi connectivity index (χ1v) is 10.9. The van der Waals surface area contributed by atoms with Gasteiger partial charge in [0.1, 0.15) is 6.10 Å². The summed E-state index contributed by atoms with van der Waals surface area (Å²) < 4.78 is 17.7. The van der Waals surface area contributed by atoms with Crippen LogP contribution < -0.4 is 0 Å². The highest BCUT2D eigenvalue weighted by Crippen LogP contribution is 2.43. The van der Waals surface area contributed by atoms with Crippen LogP contribution in [0.4, 0.5) is 0 Å². The lowest BCUT2D eigenvalue weighted by Crippen LogP contribution is -2.42. The SMILES string of the molecule is CCCOC1COC(C2CCC(C3CCC(C=CCl)CC3)CC2)OC1. The number of hydrogen-bond donors (Lipinski definition) is 0. The molecule has 0 atom stereocenters. The Bertz CT molecular complexity index is 390. The highest BCUT2D eigenvalue weighted by Gasteiger charge is 2.35. The second kappa shape index (κ2) is 10.3. The molecule has 3 fully saturated rings. The third-order valence-electron chi connectivity index (χ3n) is 6.48. The lowest BCUT2D eigenvalue weighted by molar-refractivity contribution is -0.250. The minimum Gasteiger partial charge on any atom is -0.373 e. The number of halogens is 1. The number of hydrogen-bond acceptors (Lipinski definition) is 3. The van der Waals surface area contributed by atoms with Crippen LogP contribution in [0.5, 0.6) is 0 Å². The summed E-state index contributed by atoms with van der Waals surface area (Å²) >= 11 is 5.73. The highest BCUT2D eigenvalue weighted by atomic mass is 35.5. The Balaban J connectivity index is 1.35. The van der Waals surface area contributed by atoms with Gasteiger partial charge in [0.05, 0.1) is 13.2 Å². The first kappa shape index (κ1) is 19.7. The van der Waals surface area contributed by atoms with E-state index in [1.165, 1.54) is 51.4 Å². The monoisotopic (exact) mass is 370 g/mol. The molecule has 0 bridgehead atoms. The van der Waals surface area contributed by atoms with Crippen LogP contribution in [-0.2, 0) is 14.2 Å². The molecule has 4 heteroatoms. The first-order chi connectivity index (χ1) is 12.3. The molecule has 0 radical (unpaired) electrons. The van der Waals surface area contributed by atoms with Crippen LogP contribution in [0.3, 0.4) is 0 Å². The Morgan fingerprint density at radius 2 is 1.44 bits per heavy atom. The molecule has 0 aromatic carbocycles. The lowest BCUT2D eigenvalue weighted by atomic mass is 9.69. The zero-order chi connectivity index (χ0) is 17.5. The zero-order valence-electron chi connectivity index (χ0n) is 15.7. The molecular formula is C21H35ClO3. The summed E-state index contributed by atoms with van der Waals surface area (Å²) in [6, 6.07) is 0. The molecular weight excluding hydrogens is 336 g/mol. The van der Waals surface area contributed by atoms with E-state index in [0.717, 1.165) is 30.8 Å². The van der Waals surface area contributed by atoms with Gasteiger partial charge in [0.2, 0.25) is 0 Å². The van der Waals surface area contributed by atoms with Crippen LogP contribution >= 0.6 is 11.6 Å². The molecule has 3 aliphatic rings. The van der Waals surface area contributed by atoms with Crippen molar-refractivity contribution in [3.63, 3.8) is 0 Å². The van der Waals surface area contributed by atoms with Crippen LogP contribution in [0.2, 0.25) is 0 Å². The van der Waals surface area contributed by atoms with E-state index in [9.17, 15) is 0 Å². The smallest absolute Gasteiger partial charge is 0.160 e. The second-order valence-corrected chi connectivity index (χ2v) is 8.45. The third-order valence-corrected chi connectivity index (χ3v) is 6.63. The standard InChI is InChI=1S/C21H35ClO3/c1-2-13-23-20-14-24-21(25-15-20)19-9-7-18(8-10-19)17-5-3-16(4-6-17)11-12-22/h11-12,16-21H,2-10,13-15H2,1H3. The molecule has 3 rings (SSSR count). The van der Waals surface area contributed by atoms with Crippen molar-refractivity contribution in [2.24, 2.45) is 23.7 Å². The minimum absolute atomic E-state index is 0.00650. The predicted octanol–water partition coefficient (Wildman–Crippen LogP) is 5.52. The Kier molecular flexibility index (Phi) is 8.10. The van der Waals surface area contributed by atoms with Crippen molar-refractivity contribution in [3.8, 4) is 0 Å². The van der Waals surface area contributed by atoms with Crippen molar-refractivity contribution in [2.75, 3.05) is 19.8 Å². The maximum atomic E-state index is 5.98. The van der Waals surface area contributed by atoms with Crippen LogP contribution in [0.15, 0.2) is 11.6 Å². The second-order valence-electron chi connectivity index (χ2n) is 8.20. The average molecular weight is 371 g/mol. The summed E-state index contributed by atoms with van der Waals surface area (Å²) in [6.45, 7) is 4.33. The maximum absolute atomic E-state index is 5.98. The quantitative estimate of drug-likeness (QED) is 0.616. The van der Waals surface area contributed by atoms with Gasteiger partial charge in [0, 0.05) is 18.1 Å². The van der Waals surface area contributed by atoms with E-state index in [1.54, 1.807) is 5.54 Å². The molecule has 0 spiro atoms. The van der Waals surface area contributed by atoms with Gasteiger partial charge in [-0.05, 0) is 75.5 Å². The van der Waals surface area contributed by atoms with Gasteiger partial charge >= 0.3 is 0 Å². The molecule has 1 heterocycles. The molecule has 0 aromatic rings. The minimum atomic E-state index is 0.00650. The molecule has 3 nitrogen and oxygen atoms in total. The van der Waals surface area contributed by atoms with Crippen molar-refractivity contribution in [2.45, 2.75) is 77.1 Å². The van der Waals surface area contributed by atoms with Gasteiger partial charge in [0.25, 0.3) is 0 Å². The average Bonchev–Trinajstić information content (AvgIpc) is 2.68. The fraction of sp³-hybridized carbons (Fsp3) is 0.905. The zero-order valence-corrected chi connectivity index (χ0v) is 16.5. The van der Waals surface area contributed by atoms with Gasteiger partial charge < -0.3 is 14.2 Å². The first-order valence-electron chi connectivity index (χ1n) is 10.4. The molecule has 2 aliphatic carbocycles. The van der Waals surface area contributed by atoms with Crippen LogP contribution in [-0.4, -0.2) is 32.2 Å². The maximum Gasteiger partial charge on any atom is 0.160 e. The summed E-state index contributed by atoms with van der Waals surface area (Å²) in [7, 11) is 0. The lowest BCUT2D eigenvalue weighted by Gasteiger charge is -2.40. The predicted molar refractivity (Wildman–Crippen MR) is 102 cm³/mol. The summed E-state index contributed by atoms with van der Waals surface area (Å²) in [4.78, 5) is 0. The van der Waals surface area contributed by atoms with Crippen LogP contribution in [0.1, 0.15) is 64.7 Å². The van der Waals surface area contributed by atoms with Gasteiger partial charge in [0.15, 0.2) is 6.29 Å². The Morgan fingerprint density at radius 3 is 2.00 bits per heavy atom. The van der Waals surface area contributed by atoms with Crippen LogP contribution in [0.25, 0.3) is 0 Å². The molecule has 0 amide bonds. The fourth-order valence-corrected chi connectivity index (χ4v) is 5.16. The molecule has 0 unspecified atom stereocenters. The Morgan fingerprint density at radius 1 is 0.880 bits per heavy atom. The van der Waals surface area contributed by atoms with Crippen molar-refractivity contribution < 1.29 is 14.2 Å². The van der Waals surface area contributed by atoms with Gasteiger partial charge in [-0.2, -0.15) is 0 Å². The van der Waals surface area contributed by atoms with E-state index in [1.807, 2.05) is 0 Å². The molecule has 0 aromatic heterocycles. The van der Waals surface area contributed by atoms with Crippen molar-refractivity contribution in [1.82, 2.24) is 0 Å². The van der Waals surface area contributed by atoms with Gasteiger partial charge in [-0.1, -0.05) is 24.6 Å². The van der Waals surface area contributed by atoms with Crippen molar-refractivity contribution >= 4 is 11.6 Å². The Labute approximate surface area is 158 Å². The van der Waals surface area contributed by atoms with Gasteiger partial charge in [-0.3, -0.25) is 0 Å². The van der Waals surface area contributed by atoms with E-state index in [-0.39, 0.29) is 12.4 Å². The van der Waals surface area contributed by atoms with Crippen molar-refractivity contribution in [3.05, 3.63) is 11.6 Å². The summed E-state index contributed by atoms with van der Waals surface area (Å²) in [6.07, 6.45) is 14.0.